The lowest BCUT2D eigenvalue weighted by Crippen LogP contribution is -2.39. The lowest BCUT2D eigenvalue weighted by atomic mass is 9.84. The maximum absolute atomic E-state index is 12.9. The van der Waals surface area contributed by atoms with Crippen LogP contribution in [0, 0.1) is 5.92 Å². The van der Waals surface area contributed by atoms with Crippen LogP contribution >= 0.6 is 0 Å². The highest BCUT2D eigenvalue weighted by atomic mass is 19.4. The number of amides is 1. The number of halogens is 3. The van der Waals surface area contributed by atoms with Gasteiger partial charge in [0.25, 0.3) is 5.91 Å². The van der Waals surface area contributed by atoms with E-state index < -0.39 is 12.1 Å². The lowest BCUT2D eigenvalue weighted by Gasteiger charge is -2.33. The highest BCUT2D eigenvalue weighted by molar-refractivity contribution is 5.95. The fraction of sp³-hybridized carbons (Fsp3) is 0.588. The van der Waals surface area contributed by atoms with Crippen LogP contribution in [0.15, 0.2) is 18.2 Å². The summed E-state index contributed by atoms with van der Waals surface area (Å²) in [5.74, 6) is -0.812. The first-order valence-electron chi connectivity index (χ1n) is 8.22. The smallest absolute Gasteiger partial charge is 0.391 e. The average Bonchev–Trinajstić information content (AvgIpc) is 2.53. The van der Waals surface area contributed by atoms with E-state index in [-0.39, 0.29) is 37.4 Å². The molecule has 24 heavy (non-hydrogen) atoms. The number of carbonyl (C=O) groups is 1. The topological polar surface area (TPSA) is 50.4 Å². The Bertz CT molecular complexity index is 618. The third-order valence-corrected chi connectivity index (χ3v) is 4.76. The zero-order valence-corrected chi connectivity index (χ0v) is 13.5. The summed E-state index contributed by atoms with van der Waals surface area (Å²) in [6, 6.07) is 5.21. The minimum absolute atomic E-state index is 0.00105. The summed E-state index contributed by atoms with van der Waals surface area (Å²) < 4.78 is 44.1. The zero-order valence-electron chi connectivity index (χ0n) is 13.5. The molecule has 0 saturated heterocycles. The highest BCUT2D eigenvalue weighted by Gasteiger charge is 2.42. The van der Waals surface area contributed by atoms with Crippen molar-refractivity contribution in [3.05, 3.63) is 23.8 Å². The van der Waals surface area contributed by atoms with Crippen LogP contribution in [0.1, 0.15) is 44.2 Å². The van der Waals surface area contributed by atoms with Gasteiger partial charge in [-0.15, -0.1) is 0 Å². The molecule has 1 fully saturated rings. The maximum Gasteiger partial charge on any atom is 0.391 e. The molecule has 3 rings (SSSR count). The molecule has 1 aromatic carbocycles. The van der Waals surface area contributed by atoms with E-state index in [9.17, 15) is 18.0 Å². The van der Waals surface area contributed by atoms with Crippen molar-refractivity contribution in [2.45, 2.75) is 50.9 Å². The van der Waals surface area contributed by atoms with Crippen LogP contribution in [0.25, 0.3) is 0 Å². The number of ether oxygens (including phenoxy) is 1. The standard InChI is InChI=1S/C17H21F3N2O2/c1-10(21-13-4-2-3-12(8-13)17(18,19)20)11-5-6-15-14(7-11)22-16(23)9-24-15/h5-7,10,12-13,21H,2-4,8-9H2,1H3,(H,22,23)/t10-,12-,13-/m0/s1. The van der Waals surface area contributed by atoms with Crippen LogP contribution in [-0.4, -0.2) is 24.7 Å². The van der Waals surface area contributed by atoms with E-state index in [1.165, 1.54) is 0 Å². The van der Waals surface area contributed by atoms with E-state index in [0.717, 1.165) is 12.0 Å². The zero-order chi connectivity index (χ0) is 17.3. The Morgan fingerprint density at radius 3 is 2.88 bits per heavy atom. The first-order valence-corrected chi connectivity index (χ1v) is 8.22. The fourth-order valence-electron chi connectivity index (χ4n) is 3.46. The van der Waals surface area contributed by atoms with Gasteiger partial charge in [-0.3, -0.25) is 4.79 Å². The Kier molecular flexibility index (Phi) is 4.71. The van der Waals surface area contributed by atoms with E-state index in [0.29, 0.717) is 17.9 Å². The second kappa shape index (κ2) is 6.63. The molecule has 132 valence electrons. The average molecular weight is 342 g/mol. The number of rotatable bonds is 3. The highest BCUT2D eigenvalue weighted by Crippen LogP contribution is 2.38. The summed E-state index contributed by atoms with van der Waals surface area (Å²) >= 11 is 0. The number of benzene rings is 1. The molecule has 3 atom stereocenters. The Labute approximate surface area is 138 Å². The van der Waals surface area contributed by atoms with Crippen LogP contribution in [0.5, 0.6) is 5.75 Å². The van der Waals surface area contributed by atoms with Gasteiger partial charge in [0.1, 0.15) is 5.75 Å². The van der Waals surface area contributed by atoms with Crippen LogP contribution in [0.2, 0.25) is 0 Å². The van der Waals surface area contributed by atoms with E-state index in [1.54, 1.807) is 6.07 Å². The number of carbonyl (C=O) groups excluding carboxylic acids is 1. The van der Waals surface area contributed by atoms with Crippen molar-refractivity contribution in [2.24, 2.45) is 5.92 Å². The van der Waals surface area contributed by atoms with Crippen molar-refractivity contribution in [3.8, 4) is 5.75 Å². The molecule has 1 amide bonds. The SMILES string of the molecule is C[C@H](N[C@H]1CCC[C@H](C(F)(F)F)C1)c1ccc2c(c1)NC(=O)CO2. The molecule has 4 nitrogen and oxygen atoms in total. The first kappa shape index (κ1) is 17.1. The number of nitrogens with one attached hydrogen (secondary N) is 2. The van der Waals surface area contributed by atoms with Gasteiger partial charge in [0.05, 0.1) is 11.6 Å². The van der Waals surface area contributed by atoms with Crippen molar-refractivity contribution in [1.82, 2.24) is 5.32 Å². The molecule has 7 heteroatoms. The van der Waals surface area contributed by atoms with E-state index in [4.69, 9.17) is 4.74 Å². The molecule has 1 heterocycles. The minimum atomic E-state index is -4.11. The van der Waals surface area contributed by atoms with Gasteiger partial charge in [-0.1, -0.05) is 12.5 Å². The van der Waals surface area contributed by atoms with Gasteiger partial charge in [-0.2, -0.15) is 13.2 Å². The molecular formula is C17H21F3N2O2. The van der Waals surface area contributed by atoms with Crippen molar-refractivity contribution >= 4 is 11.6 Å². The summed E-state index contributed by atoms with van der Waals surface area (Å²) in [6.07, 6.45) is -2.43. The fourth-order valence-corrected chi connectivity index (χ4v) is 3.46. The number of anilines is 1. The predicted octanol–water partition coefficient (Wildman–Crippen LogP) is 3.79. The molecule has 2 N–H and O–H groups in total. The molecule has 0 radical (unpaired) electrons. The molecule has 1 aromatic rings. The van der Waals surface area contributed by atoms with Gasteiger partial charge in [0, 0.05) is 12.1 Å². The molecule has 1 aliphatic carbocycles. The van der Waals surface area contributed by atoms with Crippen LogP contribution in [0.4, 0.5) is 18.9 Å². The Morgan fingerprint density at radius 1 is 1.33 bits per heavy atom. The molecule has 0 bridgehead atoms. The van der Waals surface area contributed by atoms with Gasteiger partial charge in [-0.25, -0.2) is 0 Å². The molecular weight excluding hydrogens is 321 g/mol. The van der Waals surface area contributed by atoms with Gasteiger partial charge >= 0.3 is 6.18 Å². The second-order valence-corrected chi connectivity index (χ2v) is 6.58. The molecule has 0 aromatic heterocycles. The molecule has 1 aliphatic heterocycles. The van der Waals surface area contributed by atoms with Crippen molar-refractivity contribution < 1.29 is 22.7 Å². The quantitative estimate of drug-likeness (QED) is 0.879. The Hall–Kier alpha value is -1.76. The lowest BCUT2D eigenvalue weighted by molar-refractivity contribution is -0.183. The van der Waals surface area contributed by atoms with Crippen molar-refractivity contribution in [2.75, 3.05) is 11.9 Å². The maximum atomic E-state index is 12.9. The van der Waals surface area contributed by atoms with Gasteiger partial charge in [0.2, 0.25) is 0 Å². The van der Waals surface area contributed by atoms with Gasteiger partial charge in [-0.05, 0) is 43.9 Å². The number of hydrogen-bond acceptors (Lipinski definition) is 3. The third kappa shape index (κ3) is 3.83. The van der Waals surface area contributed by atoms with E-state index >= 15 is 0 Å². The normalized spacial score (nSPS) is 25.4. The Balaban J connectivity index is 1.65. The molecule has 2 aliphatic rings. The number of alkyl halides is 3. The summed E-state index contributed by atoms with van der Waals surface area (Å²) in [5, 5.41) is 6.05. The molecule has 0 spiro atoms. The minimum Gasteiger partial charge on any atom is -0.482 e. The predicted molar refractivity (Wildman–Crippen MR) is 83.9 cm³/mol. The summed E-state index contributed by atoms with van der Waals surface area (Å²) in [4.78, 5) is 11.4. The summed E-state index contributed by atoms with van der Waals surface area (Å²) in [6.45, 7) is 1.92. The summed E-state index contributed by atoms with van der Waals surface area (Å²) in [5.41, 5.74) is 1.52. The number of hydrogen-bond donors (Lipinski definition) is 2. The summed E-state index contributed by atoms with van der Waals surface area (Å²) in [7, 11) is 0. The largest absolute Gasteiger partial charge is 0.482 e. The molecule has 1 saturated carbocycles. The van der Waals surface area contributed by atoms with Gasteiger partial charge < -0.3 is 15.4 Å². The van der Waals surface area contributed by atoms with Crippen molar-refractivity contribution in [3.63, 3.8) is 0 Å². The van der Waals surface area contributed by atoms with Crippen LogP contribution in [0.3, 0.4) is 0 Å². The van der Waals surface area contributed by atoms with Crippen molar-refractivity contribution in [1.29, 1.82) is 0 Å². The van der Waals surface area contributed by atoms with E-state index in [1.807, 2.05) is 19.1 Å². The Morgan fingerprint density at radius 2 is 2.12 bits per heavy atom. The first-order chi connectivity index (χ1) is 11.3. The van der Waals surface area contributed by atoms with Crippen LogP contribution < -0.4 is 15.4 Å². The second-order valence-electron chi connectivity index (χ2n) is 6.58. The van der Waals surface area contributed by atoms with Gasteiger partial charge in [0.15, 0.2) is 6.61 Å². The molecule has 0 unspecified atom stereocenters. The van der Waals surface area contributed by atoms with Crippen LogP contribution in [-0.2, 0) is 4.79 Å². The monoisotopic (exact) mass is 342 g/mol. The number of fused-ring (bicyclic) bond motifs is 1. The third-order valence-electron chi connectivity index (χ3n) is 4.76. The van der Waals surface area contributed by atoms with E-state index in [2.05, 4.69) is 10.6 Å².